The molecule has 1 saturated heterocycles. The van der Waals surface area contributed by atoms with E-state index >= 15 is 0 Å². The van der Waals surface area contributed by atoms with Crippen LogP contribution in [0.3, 0.4) is 0 Å². The number of aromatic nitrogens is 3. The number of carbonyl (C=O) groups is 1. The zero-order valence-electron chi connectivity index (χ0n) is 17.6. The number of hydrogen-bond donors (Lipinski definition) is 2. The summed E-state index contributed by atoms with van der Waals surface area (Å²) in [7, 11) is 1.65. The van der Waals surface area contributed by atoms with E-state index in [1.54, 1.807) is 25.2 Å². The molecule has 0 saturated carbocycles. The lowest BCUT2D eigenvalue weighted by atomic mass is 10.1. The van der Waals surface area contributed by atoms with Crippen molar-refractivity contribution in [1.82, 2.24) is 19.4 Å². The number of amides is 1. The molecule has 11 heteroatoms. The Bertz CT molecular complexity index is 1180. The first-order chi connectivity index (χ1) is 15.1. The number of benzene rings is 1. The van der Waals surface area contributed by atoms with Crippen LogP contribution in [0.1, 0.15) is 12.5 Å². The molecule has 3 heterocycles. The first kappa shape index (κ1) is 21.9. The number of carbonyl (C=O) groups excluding carboxylic acids is 1. The van der Waals surface area contributed by atoms with Gasteiger partial charge in [-0.15, -0.1) is 0 Å². The van der Waals surface area contributed by atoms with Crippen LogP contribution in [0.2, 0.25) is 0 Å². The molecule has 4 rings (SSSR count). The van der Waals surface area contributed by atoms with E-state index in [4.69, 9.17) is 0 Å². The van der Waals surface area contributed by atoms with Crippen LogP contribution in [0, 0.1) is 0 Å². The third kappa shape index (κ3) is 4.47. The third-order valence-corrected chi connectivity index (χ3v) is 5.64. The highest BCUT2D eigenvalue weighted by Gasteiger charge is 2.32. The normalized spacial score (nSPS) is 17.7. The number of nitrogens with zero attached hydrogens (tertiary/aromatic N) is 4. The molecule has 0 bridgehead atoms. The van der Waals surface area contributed by atoms with E-state index < -0.39 is 11.7 Å². The Labute approximate surface area is 181 Å². The van der Waals surface area contributed by atoms with Gasteiger partial charge in [0.25, 0.3) is 0 Å². The fourth-order valence-electron chi connectivity index (χ4n) is 3.95. The molecule has 0 spiro atoms. The highest BCUT2D eigenvalue weighted by atomic mass is 19.4. The minimum Gasteiger partial charge on any atom is -0.351 e. The maximum atomic E-state index is 12.8. The fourth-order valence-corrected chi connectivity index (χ4v) is 3.95. The van der Waals surface area contributed by atoms with Gasteiger partial charge in [0.2, 0.25) is 5.91 Å². The largest absolute Gasteiger partial charge is 0.417 e. The van der Waals surface area contributed by atoms with Gasteiger partial charge in [0.05, 0.1) is 23.1 Å². The zero-order valence-corrected chi connectivity index (χ0v) is 17.6. The number of aryl methyl sites for hydroxylation is 1. The lowest BCUT2D eigenvalue weighted by Gasteiger charge is -2.40. The summed E-state index contributed by atoms with van der Waals surface area (Å²) < 4.78 is 39.7. The van der Waals surface area contributed by atoms with Gasteiger partial charge in [-0.3, -0.25) is 14.3 Å². The molecule has 0 unspecified atom stereocenters. The average Bonchev–Trinajstić information content (AvgIpc) is 3.01. The van der Waals surface area contributed by atoms with Gasteiger partial charge in [0.15, 0.2) is 0 Å². The second-order valence-electron chi connectivity index (χ2n) is 7.95. The number of aromatic amines is 1. The number of anilines is 2. The van der Waals surface area contributed by atoms with Gasteiger partial charge in [0.1, 0.15) is 5.82 Å². The van der Waals surface area contributed by atoms with Crippen molar-refractivity contribution < 1.29 is 18.0 Å². The first-order valence-electron chi connectivity index (χ1n) is 10.1. The van der Waals surface area contributed by atoms with Crippen LogP contribution in [0.5, 0.6) is 0 Å². The van der Waals surface area contributed by atoms with Crippen LogP contribution in [-0.4, -0.2) is 57.6 Å². The Balaban J connectivity index is 1.35. The number of halogens is 3. The number of pyridine rings is 1. The van der Waals surface area contributed by atoms with Crippen molar-refractivity contribution in [1.29, 1.82) is 0 Å². The van der Waals surface area contributed by atoms with Gasteiger partial charge < -0.3 is 15.2 Å². The highest BCUT2D eigenvalue weighted by Crippen LogP contribution is 2.30. The number of alkyl halides is 3. The number of nitrogens with one attached hydrogen (secondary N) is 2. The number of H-pyrrole nitrogens is 1. The molecule has 1 amide bonds. The average molecular weight is 448 g/mol. The summed E-state index contributed by atoms with van der Waals surface area (Å²) in [6, 6.07) is 7.60. The van der Waals surface area contributed by atoms with Crippen molar-refractivity contribution in [3.63, 3.8) is 0 Å². The third-order valence-electron chi connectivity index (χ3n) is 5.64. The van der Waals surface area contributed by atoms with E-state index in [-0.39, 0.29) is 24.2 Å². The van der Waals surface area contributed by atoms with Gasteiger partial charge in [-0.05, 0) is 37.3 Å². The van der Waals surface area contributed by atoms with Gasteiger partial charge in [-0.1, -0.05) is 0 Å². The highest BCUT2D eigenvalue weighted by molar-refractivity contribution is 5.94. The molecule has 170 valence electrons. The maximum Gasteiger partial charge on any atom is 0.417 e. The van der Waals surface area contributed by atoms with Gasteiger partial charge in [-0.25, -0.2) is 9.78 Å². The molecule has 1 fully saturated rings. The summed E-state index contributed by atoms with van der Waals surface area (Å²) in [5, 5.41) is 2.85. The van der Waals surface area contributed by atoms with E-state index in [0.717, 1.165) is 12.3 Å². The van der Waals surface area contributed by atoms with Crippen LogP contribution in [0.4, 0.5) is 24.7 Å². The predicted octanol–water partition coefficient (Wildman–Crippen LogP) is 2.43. The minimum absolute atomic E-state index is 0.0217. The molecular formula is C21H23F3N6O2. The monoisotopic (exact) mass is 448 g/mol. The van der Waals surface area contributed by atoms with Crippen molar-refractivity contribution in [3.8, 4) is 0 Å². The Morgan fingerprint density at radius 1 is 1.25 bits per heavy atom. The summed E-state index contributed by atoms with van der Waals surface area (Å²) in [4.78, 5) is 34.9. The second-order valence-corrected chi connectivity index (χ2v) is 7.95. The molecule has 32 heavy (non-hydrogen) atoms. The lowest BCUT2D eigenvalue weighted by Crippen LogP contribution is -2.53. The summed E-state index contributed by atoms with van der Waals surface area (Å²) in [5.74, 6) is 0.304. The lowest BCUT2D eigenvalue weighted by molar-refractivity contribution is -0.137. The van der Waals surface area contributed by atoms with Crippen LogP contribution in [0.25, 0.3) is 11.0 Å². The Hall–Kier alpha value is -3.34. The predicted molar refractivity (Wildman–Crippen MR) is 115 cm³/mol. The Morgan fingerprint density at radius 2 is 2.03 bits per heavy atom. The number of fused-ring (bicyclic) bond motifs is 1. The smallest absolute Gasteiger partial charge is 0.351 e. The molecule has 1 atom stereocenters. The van der Waals surface area contributed by atoms with Crippen molar-refractivity contribution in [2.24, 2.45) is 7.05 Å². The summed E-state index contributed by atoms with van der Waals surface area (Å²) in [5.41, 5.74) is 0.981. The van der Waals surface area contributed by atoms with Crippen LogP contribution in [0.15, 0.2) is 41.3 Å². The summed E-state index contributed by atoms with van der Waals surface area (Å²) in [6.07, 6.45) is -3.57. The van der Waals surface area contributed by atoms with Crippen LogP contribution >= 0.6 is 0 Å². The second kappa shape index (κ2) is 8.30. The molecule has 0 aliphatic carbocycles. The van der Waals surface area contributed by atoms with Crippen LogP contribution in [-0.2, 0) is 18.0 Å². The Morgan fingerprint density at radius 3 is 2.69 bits per heavy atom. The molecule has 0 radical (unpaired) electrons. The fraction of sp³-hybridized carbons (Fsp3) is 0.381. The molecule has 1 aliphatic heterocycles. The zero-order chi connectivity index (χ0) is 23.0. The quantitative estimate of drug-likeness (QED) is 0.640. The molecule has 8 nitrogen and oxygen atoms in total. The number of hydrogen-bond acceptors (Lipinski definition) is 5. The minimum atomic E-state index is -4.41. The standard InChI is InChI=1S/C21H23F3N6O2/c1-13-11-29(7-8-30(13)18-6-3-14(10-25-18)21(22,23)24)12-19(31)26-15-4-5-16-17(9-15)28(2)20(32)27-16/h3-6,9-10,13H,7-8,11-12H2,1-2H3,(H,26,31)(H,27,32)/t13-/m1/s1. The molecule has 1 aliphatic rings. The SMILES string of the molecule is C[C@@H]1CN(CC(=O)Nc2ccc3[nH]c(=O)n(C)c3c2)CCN1c1ccc(C(F)(F)F)cn1. The van der Waals surface area contributed by atoms with E-state index in [2.05, 4.69) is 15.3 Å². The van der Waals surface area contributed by atoms with E-state index in [9.17, 15) is 22.8 Å². The molecule has 3 aromatic rings. The van der Waals surface area contributed by atoms with E-state index in [1.807, 2.05) is 16.7 Å². The van der Waals surface area contributed by atoms with Crippen molar-refractivity contribution in [2.45, 2.75) is 19.1 Å². The topological polar surface area (TPSA) is 86.3 Å². The van der Waals surface area contributed by atoms with Gasteiger partial charge in [-0.2, -0.15) is 13.2 Å². The molecule has 2 N–H and O–H groups in total. The molecule has 1 aromatic carbocycles. The first-order valence-corrected chi connectivity index (χ1v) is 10.1. The Kier molecular flexibility index (Phi) is 5.68. The molecular weight excluding hydrogens is 425 g/mol. The van der Waals surface area contributed by atoms with E-state index in [1.165, 1.54) is 10.6 Å². The molecule has 2 aromatic heterocycles. The number of rotatable bonds is 4. The summed E-state index contributed by atoms with van der Waals surface area (Å²) >= 11 is 0. The van der Waals surface area contributed by atoms with Crippen LogP contribution < -0.4 is 15.9 Å². The van der Waals surface area contributed by atoms with Crippen molar-refractivity contribution in [3.05, 3.63) is 52.6 Å². The van der Waals surface area contributed by atoms with Gasteiger partial charge in [0, 0.05) is 44.6 Å². The van der Waals surface area contributed by atoms with E-state index in [0.29, 0.717) is 42.2 Å². The maximum absolute atomic E-state index is 12.8. The van der Waals surface area contributed by atoms with Crippen molar-refractivity contribution in [2.75, 3.05) is 36.4 Å². The number of piperazine rings is 1. The summed E-state index contributed by atoms with van der Waals surface area (Å²) in [6.45, 7) is 3.82. The van der Waals surface area contributed by atoms with Gasteiger partial charge >= 0.3 is 11.9 Å². The van der Waals surface area contributed by atoms with Crippen molar-refractivity contribution >= 4 is 28.4 Å². The number of imidazole rings is 1.